The van der Waals surface area contributed by atoms with Crippen molar-refractivity contribution >= 4 is 27.3 Å². The number of carbonyl (C=O) groups is 1. The van der Waals surface area contributed by atoms with Gasteiger partial charge in [0, 0.05) is 12.1 Å². The fourth-order valence-electron chi connectivity index (χ4n) is 2.88. The van der Waals surface area contributed by atoms with Gasteiger partial charge in [-0.25, -0.2) is 8.42 Å². The largest absolute Gasteiger partial charge is 0.368 e. The number of aryl methyl sites for hydroxylation is 3. The molecule has 0 bridgehead atoms. The van der Waals surface area contributed by atoms with E-state index >= 15 is 0 Å². The number of nitro groups is 1. The topological polar surface area (TPSA) is 124 Å². The molecule has 2 aromatic rings. The third-order valence-corrected chi connectivity index (χ3v) is 5.54. The quantitative estimate of drug-likeness (QED) is 0.610. The lowest BCUT2D eigenvalue weighted by molar-refractivity contribution is -0.385. The molecule has 138 valence electrons. The lowest BCUT2D eigenvalue weighted by Gasteiger charge is -2.26. The number of sulfonamides is 1. The molecule has 26 heavy (non-hydrogen) atoms. The van der Waals surface area contributed by atoms with Gasteiger partial charge >= 0.3 is 0 Å². The molecule has 1 amide bonds. The van der Waals surface area contributed by atoms with Gasteiger partial charge in [0.2, 0.25) is 5.91 Å². The zero-order valence-corrected chi connectivity index (χ0v) is 15.4. The number of non-ortho nitro benzene ring substituents is 1. The van der Waals surface area contributed by atoms with Gasteiger partial charge in [0.05, 0.1) is 15.5 Å². The van der Waals surface area contributed by atoms with Crippen LogP contribution in [-0.2, 0) is 14.8 Å². The second-order valence-corrected chi connectivity index (χ2v) is 7.84. The van der Waals surface area contributed by atoms with Gasteiger partial charge in [-0.05, 0) is 38.0 Å². The number of hydrogen-bond donors (Lipinski definition) is 1. The Morgan fingerprint density at radius 2 is 1.73 bits per heavy atom. The maximum atomic E-state index is 13.1. The van der Waals surface area contributed by atoms with Crippen LogP contribution in [0.2, 0.25) is 0 Å². The Hall–Kier alpha value is -2.94. The molecule has 0 aliphatic rings. The summed E-state index contributed by atoms with van der Waals surface area (Å²) in [6.45, 7) is 4.76. The lowest BCUT2D eigenvalue weighted by atomic mass is 10.1. The number of carbonyl (C=O) groups excluding carboxylic acids is 1. The van der Waals surface area contributed by atoms with Crippen molar-refractivity contribution in [3.05, 3.63) is 63.2 Å². The second kappa shape index (κ2) is 7.12. The van der Waals surface area contributed by atoms with Crippen LogP contribution in [0.5, 0.6) is 0 Å². The van der Waals surface area contributed by atoms with Gasteiger partial charge in [-0.1, -0.05) is 23.8 Å². The third-order valence-electron chi connectivity index (χ3n) is 3.80. The van der Waals surface area contributed by atoms with E-state index in [2.05, 4.69) is 0 Å². The number of nitrogens with zero attached hydrogens (tertiary/aromatic N) is 2. The van der Waals surface area contributed by atoms with Gasteiger partial charge in [0.1, 0.15) is 6.54 Å². The SMILES string of the molecule is Cc1cc(C)c(N(CC(N)=O)S(=O)(=O)c2cccc([N+](=O)[O-])c2)c(C)c1. The van der Waals surface area contributed by atoms with Crippen molar-refractivity contribution < 1.29 is 18.1 Å². The van der Waals surface area contributed by atoms with Gasteiger partial charge in [0.25, 0.3) is 15.7 Å². The van der Waals surface area contributed by atoms with E-state index < -0.39 is 27.4 Å². The molecule has 0 radical (unpaired) electrons. The molecule has 0 aliphatic heterocycles. The Bertz CT molecular complexity index is 963. The molecule has 2 rings (SSSR count). The van der Waals surface area contributed by atoms with E-state index in [9.17, 15) is 23.3 Å². The summed E-state index contributed by atoms with van der Waals surface area (Å²) in [6.07, 6.45) is 0. The monoisotopic (exact) mass is 377 g/mol. The van der Waals surface area contributed by atoms with Crippen LogP contribution in [0, 0.1) is 30.9 Å². The smallest absolute Gasteiger partial charge is 0.270 e. The molecule has 9 heteroatoms. The first-order chi connectivity index (χ1) is 12.0. The molecule has 2 N–H and O–H groups in total. The van der Waals surface area contributed by atoms with Crippen molar-refractivity contribution in [1.29, 1.82) is 0 Å². The van der Waals surface area contributed by atoms with E-state index in [1.54, 1.807) is 26.0 Å². The summed E-state index contributed by atoms with van der Waals surface area (Å²) < 4.78 is 27.2. The predicted octanol–water partition coefficient (Wildman–Crippen LogP) is 2.20. The maximum absolute atomic E-state index is 13.1. The minimum absolute atomic E-state index is 0.285. The van der Waals surface area contributed by atoms with Crippen molar-refractivity contribution in [3.63, 3.8) is 0 Å². The van der Waals surface area contributed by atoms with Crippen LogP contribution in [0.1, 0.15) is 16.7 Å². The average molecular weight is 377 g/mol. The number of rotatable bonds is 6. The van der Waals surface area contributed by atoms with Gasteiger partial charge in [-0.2, -0.15) is 0 Å². The van der Waals surface area contributed by atoms with E-state index in [4.69, 9.17) is 5.73 Å². The van der Waals surface area contributed by atoms with Crippen molar-refractivity contribution in [2.24, 2.45) is 5.73 Å². The highest BCUT2D eigenvalue weighted by Gasteiger charge is 2.30. The number of primary amides is 1. The number of amides is 1. The number of benzene rings is 2. The van der Waals surface area contributed by atoms with Crippen LogP contribution in [0.3, 0.4) is 0 Å². The van der Waals surface area contributed by atoms with Gasteiger partial charge in [-0.15, -0.1) is 0 Å². The number of hydrogen-bond acceptors (Lipinski definition) is 5. The molecule has 0 aromatic heterocycles. The minimum atomic E-state index is -4.24. The molecule has 0 unspecified atom stereocenters. The van der Waals surface area contributed by atoms with Crippen LogP contribution in [0.4, 0.5) is 11.4 Å². The zero-order valence-electron chi connectivity index (χ0n) is 14.6. The van der Waals surface area contributed by atoms with Crippen LogP contribution < -0.4 is 10.0 Å². The van der Waals surface area contributed by atoms with E-state index in [1.165, 1.54) is 18.2 Å². The maximum Gasteiger partial charge on any atom is 0.270 e. The van der Waals surface area contributed by atoms with Gasteiger partial charge in [0.15, 0.2) is 0 Å². The van der Waals surface area contributed by atoms with Crippen LogP contribution in [0.15, 0.2) is 41.3 Å². The Morgan fingerprint density at radius 1 is 1.15 bits per heavy atom. The molecule has 2 aromatic carbocycles. The fraction of sp³-hybridized carbons (Fsp3) is 0.235. The standard InChI is InChI=1S/C17H19N3O5S/c1-11-7-12(2)17(13(3)8-11)19(10-16(18)21)26(24,25)15-6-4-5-14(9-15)20(22)23/h4-9H,10H2,1-3H3,(H2,18,21). The van der Waals surface area contributed by atoms with Crippen molar-refractivity contribution in [3.8, 4) is 0 Å². The molecule has 8 nitrogen and oxygen atoms in total. The summed E-state index contributed by atoms with van der Waals surface area (Å²) in [5.41, 5.74) is 7.48. The molecule has 0 atom stereocenters. The molecule has 0 spiro atoms. The highest BCUT2D eigenvalue weighted by Crippen LogP contribution is 2.31. The highest BCUT2D eigenvalue weighted by molar-refractivity contribution is 7.92. The molecular weight excluding hydrogens is 358 g/mol. The molecule has 0 heterocycles. The summed E-state index contributed by atoms with van der Waals surface area (Å²) in [4.78, 5) is 21.5. The summed E-state index contributed by atoms with van der Waals surface area (Å²) in [7, 11) is -4.24. The Labute approximate surface area is 151 Å². The molecule has 0 saturated heterocycles. The summed E-state index contributed by atoms with van der Waals surface area (Å²) in [5.74, 6) is -0.835. The first-order valence-corrected chi connectivity index (χ1v) is 9.11. The lowest BCUT2D eigenvalue weighted by Crippen LogP contribution is -2.39. The minimum Gasteiger partial charge on any atom is -0.368 e. The Morgan fingerprint density at radius 3 is 2.23 bits per heavy atom. The van der Waals surface area contributed by atoms with Crippen LogP contribution >= 0.6 is 0 Å². The van der Waals surface area contributed by atoms with E-state index in [-0.39, 0.29) is 10.6 Å². The van der Waals surface area contributed by atoms with Crippen LogP contribution in [0.25, 0.3) is 0 Å². The average Bonchev–Trinajstić information content (AvgIpc) is 2.52. The molecule has 0 aliphatic carbocycles. The normalized spacial score (nSPS) is 11.2. The number of anilines is 1. The van der Waals surface area contributed by atoms with Crippen molar-refractivity contribution in [1.82, 2.24) is 0 Å². The second-order valence-electron chi connectivity index (χ2n) is 5.98. The fourth-order valence-corrected chi connectivity index (χ4v) is 4.48. The summed E-state index contributed by atoms with van der Waals surface area (Å²) in [6, 6.07) is 8.26. The molecular formula is C17H19N3O5S. The van der Waals surface area contributed by atoms with E-state index in [0.29, 0.717) is 16.8 Å². The van der Waals surface area contributed by atoms with Crippen molar-refractivity contribution in [2.45, 2.75) is 25.7 Å². The van der Waals surface area contributed by atoms with E-state index in [0.717, 1.165) is 15.9 Å². The first-order valence-electron chi connectivity index (χ1n) is 7.67. The van der Waals surface area contributed by atoms with Crippen LogP contribution in [-0.4, -0.2) is 25.8 Å². The Balaban J connectivity index is 2.69. The van der Waals surface area contributed by atoms with Crippen molar-refractivity contribution in [2.75, 3.05) is 10.8 Å². The zero-order chi connectivity index (χ0) is 19.6. The number of nitrogens with two attached hydrogens (primary N) is 1. The first kappa shape index (κ1) is 19.4. The summed E-state index contributed by atoms with van der Waals surface area (Å²) in [5, 5.41) is 11.0. The molecule has 0 fully saturated rings. The van der Waals surface area contributed by atoms with Gasteiger partial charge < -0.3 is 5.73 Å². The third kappa shape index (κ3) is 3.83. The molecule has 0 saturated carbocycles. The summed E-state index contributed by atoms with van der Waals surface area (Å²) >= 11 is 0. The number of nitro benzene ring substituents is 1. The van der Waals surface area contributed by atoms with E-state index in [1.807, 2.05) is 6.92 Å². The Kier molecular flexibility index (Phi) is 5.31. The highest BCUT2D eigenvalue weighted by atomic mass is 32.2. The predicted molar refractivity (Wildman–Crippen MR) is 97.5 cm³/mol. The van der Waals surface area contributed by atoms with Gasteiger partial charge in [-0.3, -0.25) is 19.2 Å².